The van der Waals surface area contributed by atoms with Crippen molar-refractivity contribution in [2.75, 3.05) is 13.1 Å². The molecular weight excluding hydrogens is 334 g/mol. The molecule has 0 radical (unpaired) electrons. The van der Waals surface area contributed by atoms with Crippen molar-refractivity contribution in [3.63, 3.8) is 0 Å². The lowest BCUT2D eigenvalue weighted by Crippen LogP contribution is -2.52. The molecule has 2 rings (SSSR count). The highest BCUT2D eigenvalue weighted by Gasteiger charge is 2.41. The van der Waals surface area contributed by atoms with E-state index >= 15 is 0 Å². The van der Waals surface area contributed by atoms with Crippen LogP contribution >= 0.6 is 0 Å². The average molecular weight is 376 g/mol. The molecule has 1 saturated heterocycles. The van der Waals surface area contributed by atoms with Crippen molar-refractivity contribution in [3.8, 4) is 11.8 Å². The van der Waals surface area contributed by atoms with Gasteiger partial charge in [-0.2, -0.15) is 0 Å². The molecule has 0 spiro atoms. The Morgan fingerprint density at radius 2 is 1.77 bits per heavy atom. The Bertz CT molecular complexity index is 505. The van der Waals surface area contributed by atoms with Crippen molar-refractivity contribution in [2.45, 2.75) is 102 Å². The Hall–Kier alpha value is -0.563. The summed E-state index contributed by atoms with van der Waals surface area (Å²) in [4.78, 5) is 2.57. The Balaban J connectivity index is 2.01. The second-order valence-electron chi connectivity index (χ2n) is 9.77. The molecule has 2 atom stereocenters. The summed E-state index contributed by atoms with van der Waals surface area (Å²) in [5.41, 5.74) is 0. The molecule has 2 nitrogen and oxygen atoms in total. The number of hydrogen-bond donors (Lipinski definition) is 0. The quantitative estimate of drug-likeness (QED) is 0.332. The summed E-state index contributed by atoms with van der Waals surface area (Å²) >= 11 is 0. The second-order valence-corrected chi connectivity index (χ2v) is 14.5. The third kappa shape index (κ3) is 5.97. The molecule has 3 heteroatoms. The molecule has 1 aliphatic carbocycles. The number of piperidine rings is 1. The third-order valence-corrected chi connectivity index (χ3v) is 11.2. The van der Waals surface area contributed by atoms with Crippen molar-refractivity contribution in [1.29, 1.82) is 0 Å². The molecule has 0 aromatic carbocycles. The van der Waals surface area contributed by atoms with Crippen LogP contribution in [-0.2, 0) is 4.43 Å². The Labute approximate surface area is 163 Å². The maximum absolute atomic E-state index is 6.75. The lowest BCUT2D eigenvalue weighted by Gasteiger charge is -2.44. The SMILES string of the molecule is C=C[C@@H](O[Si](C)(C)C(C)(C)C)[C@H]1CCCCN1CC#CC1CCCCC1. The van der Waals surface area contributed by atoms with Crippen LogP contribution in [0.4, 0.5) is 0 Å². The van der Waals surface area contributed by atoms with Gasteiger partial charge in [0.2, 0.25) is 0 Å². The molecule has 0 unspecified atom stereocenters. The lowest BCUT2D eigenvalue weighted by molar-refractivity contribution is 0.0672. The van der Waals surface area contributed by atoms with Crippen molar-refractivity contribution in [1.82, 2.24) is 4.90 Å². The maximum atomic E-state index is 6.75. The van der Waals surface area contributed by atoms with Crippen LogP contribution < -0.4 is 0 Å². The van der Waals surface area contributed by atoms with E-state index in [0.29, 0.717) is 12.0 Å². The van der Waals surface area contributed by atoms with Gasteiger partial charge in [-0.25, -0.2) is 0 Å². The highest BCUT2D eigenvalue weighted by molar-refractivity contribution is 6.74. The fraction of sp³-hybridized carbons (Fsp3) is 0.826. The molecule has 26 heavy (non-hydrogen) atoms. The first-order chi connectivity index (χ1) is 12.2. The summed E-state index contributed by atoms with van der Waals surface area (Å²) < 4.78 is 6.75. The fourth-order valence-electron chi connectivity index (χ4n) is 3.92. The van der Waals surface area contributed by atoms with Gasteiger partial charge >= 0.3 is 0 Å². The molecular formula is C23H41NOSi. The van der Waals surface area contributed by atoms with Gasteiger partial charge in [-0.15, -0.1) is 6.58 Å². The minimum atomic E-state index is -1.79. The van der Waals surface area contributed by atoms with Crippen LogP contribution in [0.1, 0.15) is 72.1 Å². The molecule has 1 saturated carbocycles. The molecule has 0 aromatic heterocycles. The highest BCUT2D eigenvalue weighted by Crippen LogP contribution is 2.38. The van der Waals surface area contributed by atoms with Gasteiger partial charge in [-0.05, 0) is 50.4 Å². The van der Waals surface area contributed by atoms with Gasteiger partial charge in [0.15, 0.2) is 8.32 Å². The molecule has 0 amide bonds. The first-order valence-electron chi connectivity index (χ1n) is 10.8. The van der Waals surface area contributed by atoms with E-state index in [1.165, 1.54) is 51.4 Å². The summed E-state index contributed by atoms with van der Waals surface area (Å²) in [6.45, 7) is 17.8. The van der Waals surface area contributed by atoms with Crippen LogP contribution in [0.5, 0.6) is 0 Å². The van der Waals surface area contributed by atoms with E-state index in [0.717, 1.165) is 13.1 Å². The van der Waals surface area contributed by atoms with Crippen molar-refractivity contribution >= 4 is 8.32 Å². The van der Waals surface area contributed by atoms with Crippen LogP contribution in [0.2, 0.25) is 18.1 Å². The molecule has 1 aliphatic heterocycles. The first-order valence-corrected chi connectivity index (χ1v) is 13.7. The van der Waals surface area contributed by atoms with Crippen molar-refractivity contribution in [3.05, 3.63) is 12.7 Å². The van der Waals surface area contributed by atoms with Crippen LogP contribution in [0.25, 0.3) is 0 Å². The van der Waals surface area contributed by atoms with Gasteiger partial charge in [-0.3, -0.25) is 4.90 Å². The van der Waals surface area contributed by atoms with Gasteiger partial charge in [0.1, 0.15) is 0 Å². The van der Waals surface area contributed by atoms with Crippen LogP contribution in [0, 0.1) is 17.8 Å². The van der Waals surface area contributed by atoms with E-state index in [4.69, 9.17) is 4.43 Å². The van der Waals surface area contributed by atoms with Crippen molar-refractivity contribution < 1.29 is 4.43 Å². The summed E-state index contributed by atoms with van der Waals surface area (Å²) in [6.07, 6.45) is 12.7. The molecule has 2 fully saturated rings. The fourth-order valence-corrected chi connectivity index (χ4v) is 5.21. The number of rotatable bonds is 5. The minimum absolute atomic E-state index is 0.132. The van der Waals surface area contributed by atoms with Crippen molar-refractivity contribution in [2.24, 2.45) is 5.92 Å². The van der Waals surface area contributed by atoms with Gasteiger partial charge in [-0.1, -0.05) is 64.4 Å². The molecule has 1 heterocycles. The lowest BCUT2D eigenvalue weighted by atomic mass is 9.90. The van der Waals surface area contributed by atoms with Gasteiger partial charge < -0.3 is 4.43 Å². The summed E-state index contributed by atoms with van der Waals surface area (Å²) in [5.74, 6) is 7.74. The molecule has 0 N–H and O–H groups in total. The van der Waals surface area contributed by atoms with Gasteiger partial charge in [0.05, 0.1) is 12.6 Å². The summed E-state index contributed by atoms with van der Waals surface area (Å²) in [5, 5.41) is 0.231. The van der Waals surface area contributed by atoms with Crippen LogP contribution in [0.3, 0.4) is 0 Å². The first kappa shape index (κ1) is 21.7. The molecule has 148 valence electrons. The zero-order valence-corrected chi connectivity index (χ0v) is 18.9. The maximum Gasteiger partial charge on any atom is 0.192 e. The monoisotopic (exact) mass is 375 g/mol. The Morgan fingerprint density at radius 3 is 2.38 bits per heavy atom. The highest BCUT2D eigenvalue weighted by atomic mass is 28.4. The number of likely N-dealkylation sites (tertiary alicyclic amines) is 1. The Morgan fingerprint density at radius 1 is 1.12 bits per heavy atom. The van der Waals surface area contributed by atoms with E-state index in [1.807, 2.05) is 0 Å². The van der Waals surface area contributed by atoms with Gasteiger partial charge in [0, 0.05) is 12.0 Å². The van der Waals surface area contributed by atoms with E-state index in [2.05, 4.69) is 63.3 Å². The van der Waals surface area contributed by atoms with E-state index in [1.54, 1.807) is 0 Å². The van der Waals surface area contributed by atoms with E-state index in [-0.39, 0.29) is 11.1 Å². The average Bonchev–Trinajstić information content (AvgIpc) is 2.60. The zero-order chi connectivity index (χ0) is 19.2. The predicted octanol–water partition coefficient (Wildman–Crippen LogP) is 6.00. The summed E-state index contributed by atoms with van der Waals surface area (Å²) in [6, 6.07) is 0.441. The smallest absolute Gasteiger partial charge is 0.192 e. The molecule has 0 aromatic rings. The Kier molecular flexibility index (Phi) is 8.01. The minimum Gasteiger partial charge on any atom is -0.409 e. The summed E-state index contributed by atoms with van der Waals surface area (Å²) in [7, 11) is -1.79. The molecule has 2 aliphatic rings. The standard InChI is InChI=1S/C23H41NOSi/c1-7-22(25-26(5,6)23(2,3)4)21-17-11-12-18-24(21)19-13-16-20-14-9-8-10-15-20/h7,20-22H,1,8-12,14-15,17-19H2,2-6H3/t21-,22-/m1/s1. The third-order valence-electron chi connectivity index (χ3n) is 6.71. The second kappa shape index (κ2) is 9.58. The number of hydrogen-bond acceptors (Lipinski definition) is 2. The normalized spacial score (nSPS) is 24.6. The largest absolute Gasteiger partial charge is 0.409 e. The topological polar surface area (TPSA) is 12.5 Å². The van der Waals surface area contributed by atoms with E-state index in [9.17, 15) is 0 Å². The van der Waals surface area contributed by atoms with Crippen LogP contribution in [-0.4, -0.2) is 38.5 Å². The van der Waals surface area contributed by atoms with Crippen LogP contribution in [0.15, 0.2) is 12.7 Å². The number of nitrogens with zero attached hydrogens (tertiary/aromatic N) is 1. The molecule has 0 bridgehead atoms. The zero-order valence-electron chi connectivity index (χ0n) is 17.9. The van der Waals surface area contributed by atoms with Gasteiger partial charge in [0.25, 0.3) is 0 Å². The predicted molar refractivity (Wildman–Crippen MR) is 116 cm³/mol. The van der Waals surface area contributed by atoms with E-state index < -0.39 is 8.32 Å².